The van der Waals surface area contributed by atoms with Gasteiger partial charge in [-0.1, -0.05) is 159 Å². The maximum Gasteiger partial charge on any atom is 0.469 e. The van der Waals surface area contributed by atoms with Crippen molar-refractivity contribution in [3.63, 3.8) is 0 Å². The lowest BCUT2D eigenvalue weighted by Crippen LogP contribution is -2.29. The SMILES string of the molecule is CCCCC/C=C\C/C=C\CCCCCCCC(=O)OC[C@H](COP(=O)(O)O)OC(=O)CCCCCCCCC/C=C\CCCCCCCCCC. The number of hydrogen-bond acceptors (Lipinski definition) is 6. The quantitative estimate of drug-likeness (QED) is 0.0275. The van der Waals surface area contributed by atoms with Crippen molar-refractivity contribution >= 4 is 19.8 Å². The second-order valence-electron chi connectivity index (χ2n) is 14.3. The van der Waals surface area contributed by atoms with E-state index >= 15 is 0 Å². The van der Waals surface area contributed by atoms with E-state index in [1.54, 1.807) is 0 Å². The lowest BCUT2D eigenvalue weighted by atomic mass is 10.1. The Morgan fingerprint density at radius 3 is 1.33 bits per heavy atom. The minimum absolute atomic E-state index is 0.204. The Bertz CT molecular complexity index is 941. The molecule has 0 aromatic rings. The fourth-order valence-corrected chi connectivity index (χ4v) is 6.29. The fraction of sp³-hybridized carbons (Fsp3) is 0.814. The maximum atomic E-state index is 12.4. The van der Waals surface area contributed by atoms with E-state index in [2.05, 4.69) is 54.8 Å². The van der Waals surface area contributed by atoms with Crippen LogP contribution in [0.1, 0.15) is 206 Å². The molecule has 0 aromatic heterocycles. The van der Waals surface area contributed by atoms with Gasteiger partial charge in [-0.25, -0.2) is 4.57 Å². The van der Waals surface area contributed by atoms with Gasteiger partial charge in [0, 0.05) is 12.8 Å². The van der Waals surface area contributed by atoms with Crippen LogP contribution in [0.15, 0.2) is 36.5 Å². The van der Waals surface area contributed by atoms with Gasteiger partial charge in [-0.2, -0.15) is 0 Å². The van der Waals surface area contributed by atoms with Gasteiger partial charge in [0.15, 0.2) is 6.10 Å². The van der Waals surface area contributed by atoms with Gasteiger partial charge in [0.25, 0.3) is 0 Å². The number of allylic oxidation sites excluding steroid dienone is 6. The van der Waals surface area contributed by atoms with Crippen LogP contribution in [0.25, 0.3) is 0 Å². The van der Waals surface area contributed by atoms with Crippen molar-refractivity contribution in [2.45, 2.75) is 213 Å². The average Bonchev–Trinajstić information content (AvgIpc) is 3.11. The third kappa shape index (κ3) is 41.0. The van der Waals surface area contributed by atoms with Crippen LogP contribution in [-0.4, -0.2) is 41.0 Å². The molecule has 0 heterocycles. The van der Waals surface area contributed by atoms with Gasteiger partial charge >= 0.3 is 19.8 Å². The van der Waals surface area contributed by atoms with Gasteiger partial charge in [-0.05, 0) is 70.6 Å². The average molecular weight is 755 g/mol. The molecule has 2 N–H and O–H groups in total. The molecule has 0 radical (unpaired) electrons. The summed E-state index contributed by atoms with van der Waals surface area (Å²) in [4.78, 5) is 42.8. The van der Waals surface area contributed by atoms with Crippen LogP contribution >= 0.6 is 7.82 Å². The molecule has 0 unspecified atom stereocenters. The maximum absolute atomic E-state index is 12.4. The molecule has 8 nitrogen and oxygen atoms in total. The molecule has 52 heavy (non-hydrogen) atoms. The summed E-state index contributed by atoms with van der Waals surface area (Å²) in [7, 11) is -4.76. The zero-order valence-electron chi connectivity index (χ0n) is 33.5. The van der Waals surface area contributed by atoms with E-state index in [1.807, 2.05) is 0 Å². The molecule has 0 spiro atoms. The summed E-state index contributed by atoms with van der Waals surface area (Å²) >= 11 is 0. The van der Waals surface area contributed by atoms with E-state index in [1.165, 1.54) is 103 Å². The van der Waals surface area contributed by atoms with Crippen LogP contribution in [0.5, 0.6) is 0 Å². The summed E-state index contributed by atoms with van der Waals surface area (Å²) < 4.78 is 26.4. The Balaban J connectivity index is 3.93. The Labute approximate surface area is 319 Å². The van der Waals surface area contributed by atoms with Crippen LogP contribution in [0, 0.1) is 0 Å². The van der Waals surface area contributed by atoms with E-state index in [0.717, 1.165) is 64.2 Å². The molecule has 9 heteroatoms. The monoisotopic (exact) mass is 755 g/mol. The van der Waals surface area contributed by atoms with Gasteiger partial charge < -0.3 is 19.3 Å². The van der Waals surface area contributed by atoms with Crippen LogP contribution in [0.3, 0.4) is 0 Å². The fourth-order valence-electron chi connectivity index (χ4n) is 5.93. The largest absolute Gasteiger partial charge is 0.469 e. The van der Waals surface area contributed by atoms with Crippen LogP contribution in [-0.2, 0) is 28.2 Å². The first-order valence-corrected chi connectivity index (χ1v) is 22.8. The summed E-state index contributed by atoms with van der Waals surface area (Å²) in [5.74, 6) is -0.902. The van der Waals surface area contributed by atoms with Crippen molar-refractivity contribution in [3.05, 3.63) is 36.5 Å². The summed E-state index contributed by atoms with van der Waals surface area (Å²) in [5.41, 5.74) is 0. The highest BCUT2D eigenvalue weighted by molar-refractivity contribution is 7.46. The highest BCUT2D eigenvalue weighted by Gasteiger charge is 2.22. The van der Waals surface area contributed by atoms with Crippen molar-refractivity contribution in [3.8, 4) is 0 Å². The molecular formula is C43H79O8P. The minimum Gasteiger partial charge on any atom is -0.462 e. The van der Waals surface area contributed by atoms with E-state index in [9.17, 15) is 14.2 Å². The van der Waals surface area contributed by atoms with E-state index in [-0.39, 0.29) is 19.4 Å². The summed E-state index contributed by atoms with van der Waals surface area (Å²) in [6, 6.07) is 0. The molecule has 1 atom stereocenters. The van der Waals surface area contributed by atoms with Gasteiger partial charge in [0.05, 0.1) is 6.61 Å². The first kappa shape index (κ1) is 50.3. The van der Waals surface area contributed by atoms with E-state index < -0.39 is 32.5 Å². The normalized spacial score (nSPS) is 12.8. The predicted molar refractivity (Wildman–Crippen MR) is 216 cm³/mol. The molecular weight excluding hydrogens is 675 g/mol. The standard InChI is InChI=1S/C43H79O8P/c1-3-5-7-9-11-13-15-17-19-20-21-22-24-26-28-30-32-34-36-38-43(45)51-41(40-50-52(46,47)48)39-49-42(44)37-35-33-31-29-27-25-23-18-16-14-12-10-8-6-4-2/h12,14,18,20-21,23,41H,3-11,13,15-17,19,22,24-40H2,1-2H3,(H2,46,47,48)/b14-12-,21-20-,23-18-/t41-/m1/s1. The van der Waals surface area contributed by atoms with Crippen molar-refractivity contribution in [2.75, 3.05) is 13.2 Å². The summed E-state index contributed by atoms with van der Waals surface area (Å²) in [6.07, 6.45) is 45.8. The molecule has 0 aliphatic heterocycles. The zero-order chi connectivity index (χ0) is 38.2. The molecule has 304 valence electrons. The first-order chi connectivity index (χ1) is 25.3. The molecule has 0 saturated heterocycles. The number of rotatable bonds is 39. The van der Waals surface area contributed by atoms with Gasteiger partial charge in [-0.3, -0.25) is 14.1 Å². The number of esters is 2. The second-order valence-corrected chi connectivity index (χ2v) is 15.5. The minimum atomic E-state index is -4.76. The Morgan fingerprint density at radius 1 is 0.500 bits per heavy atom. The number of ether oxygens (including phenoxy) is 2. The molecule has 0 amide bonds. The number of phosphoric ester groups is 1. The third-order valence-corrected chi connectivity index (χ3v) is 9.62. The first-order valence-electron chi connectivity index (χ1n) is 21.3. The van der Waals surface area contributed by atoms with E-state index in [4.69, 9.17) is 19.3 Å². The smallest absolute Gasteiger partial charge is 0.462 e. The Kier molecular flexibility index (Phi) is 37.7. The van der Waals surface area contributed by atoms with Crippen LogP contribution < -0.4 is 0 Å². The van der Waals surface area contributed by atoms with Crippen molar-refractivity contribution < 1.29 is 37.9 Å². The topological polar surface area (TPSA) is 119 Å². The third-order valence-electron chi connectivity index (χ3n) is 9.13. The number of hydrogen-bond donors (Lipinski definition) is 2. The number of carbonyl (C=O) groups is 2. The number of unbranched alkanes of at least 4 members (excludes halogenated alkanes) is 23. The lowest BCUT2D eigenvalue weighted by molar-refractivity contribution is -0.161. The van der Waals surface area contributed by atoms with Crippen molar-refractivity contribution in [1.29, 1.82) is 0 Å². The molecule has 0 fully saturated rings. The Morgan fingerprint density at radius 2 is 0.865 bits per heavy atom. The molecule has 0 aliphatic rings. The van der Waals surface area contributed by atoms with Crippen LogP contribution in [0.4, 0.5) is 0 Å². The molecule has 0 aromatic carbocycles. The highest BCUT2D eigenvalue weighted by Crippen LogP contribution is 2.36. The molecule has 0 aliphatic carbocycles. The van der Waals surface area contributed by atoms with Crippen LogP contribution in [0.2, 0.25) is 0 Å². The van der Waals surface area contributed by atoms with Gasteiger partial charge in [0.2, 0.25) is 0 Å². The van der Waals surface area contributed by atoms with E-state index in [0.29, 0.717) is 12.8 Å². The summed E-state index contributed by atoms with van der Waals surface area (Å²) in [6.45, 7) is 3.65. The zero-order valence-corrected chi connectivity index (χ0v) is 34.4. The number of phosphoric acid groups is 1. The van der Waals surface area contributed by atoms with Crippen molar-refractivity contribution in [1.82, 2.24) is 0 Å². The summed E-state index contributed by atoms with van der Waals surface area (Å²) in [5, 5.41) is 0. The van der Waals surface area contributed by atoms with Gasteiger partial charge in [0.1, 0.15) is 6.61 Å². The Hall–Kier alpha value is -1.73. The van der Waals surface area contributed by atoms with Crippen molar-refractivity contribution in [2.24, 2.45) is 0 Å². The lowest BCUT2D eigenvalue weighted by Gasteiger charge is -2.18. The molecule has 0 rings (SSSR count). The number of carbonyl (C=O) groups excluding carboxylic acids is 2. The molecule has 0 bridgehead atoms. The predicted octanol–water partition coefficient (Wildman–Crippen LogP) is 13.0. The highest BCUT2D eigenvalue weighted by atomic mass is 31.2. The molecule has 0 saturated carbocycles. The second kappa shape index (κ2) is 39.0. The van der Waals surface area contributed by atoms with Gasteiger partial charge in [-0.15, -0.1) is 0 Å².